The van der Waals surface area contributed by atoms with E-state index in [2.05, 4.69) is 5.32 Å². The van der Waals surface area contributed by atoms with Gasteiger partial charge in [0.15, 0.2) is 0 Å². The molecule has 2 aromatic carbocycles. The van der Waals surface area contributed by atoms with Crippen LogP contribution in [0, 0.1) is 11.6 Å². The monoisotopic (exact) mass is 374 g/mol. The first-order valence-electron chi connectivity index (χ1n) is 9.30. The summed E-state index contributed by atoms with van der Waals surface area (Å²) in [6.45, 7) is 0.523. The molecular weight excluding hydrogens is 350 g/mol. The van der Waals surface area contributed by atoms with Crippen molar-refractivity contribution in [3.05, 3.63) is 65.7 Å². The van der Waals surface area contributed by atoms with Gasteiger partial charge < -0.3 is 15.3 Å². The molecule has 144 valence electrons. The van der Waals surface area contributed by atoms with Crippen LogP contribution in [-0.2, 0) is 0 Å². The number of nitrogens with one attached hydrogen (secondary N) is 1. The van der Waals surface area contributed by atoms with Crippen molar-refractivity contribution in [2.75, 3.05) is 11.9 Å². The molecule has 6 heteroatoms. The summed E-state index contributed by atoms with van der Waals surface area (Å²) in [5.74, 6) is -1.29. The lowest BCUT2D eigenvalue weighted by atomic mass is 9.98. The Labute approximate surface area is 157 Å². The van der Waals surface area contributed by atoms with Crippen molar-refractivity contribution in [3.8, 4) is 0 Å². The fourth-order valence-corrected chi connectivity index (χ4v) is 3.54. The van der Waals surface area contributed by atoms with Gasteiger partial charge in [0.2, 0.25) is 0 Å². The molecule has 2 amide bonds. The number of halogens is 2. The number of benzene rings is 2. The molecule has 2 atom stereocenters. The van der Waals surface area contributed by atoms with E-state index in [1.165, 1.54) is 0 Å². The smallest absolute Gasteiger partial charge is 0.322 e. The van der Waals surface area contributed by atoms with Gasteiger partial charge in [-0.15, -0.1) is 0 Å². The van der Waals surface area contributed by atoms with E-state index in [1.807, 2.05) is 30.3 Å². The van der Waals surface area contributed by atoms with Crippen molar-refractivity contribution in [2.45, 2.75) is 44.2 Å². The van der Waals surface area contributed by atoms with Crippen LogP contribution < -0.4 is 5.32 Å². The Kier molecular flexibility index (Phi) is 6.40. The lowest BCUT2D eigenvalue weighted by Crippen LogP contribution is -2.43. The molecule has 0 spiro atoms. The second kappa shape index (κ2) is 8.95. The Bertz CT molecular complexity index is 770. The number of aliphatic hydroxyl groups excluding tert-OH is 1. The highest BCUT2D eigenvalue weighted by atomic mass is 19.1. The number of amides is 2. The van der Waals surface area contributed by atoms with E-state index >= 15 is 0 Å². The van der Waals surface area contributed by atoms with Gasteiger partial charge in [-0.05, 0) is 37.0 Å². The number of anilines is 1. The number of nitrogens with zero attached hydrogens (tertiary/aromatic N) is 1. The van der Waals surface area contributed by atoms with Crippen molar-refractivity contribution in [1.29, 1.82) is 0 Å². The van der Waals surface area contributed by atoms with Gasteiger partial charge in [0, 0.05) is 18.7 Å². The summed E-state index contributed by atoms with van der Waals surface area (Å²) in [7, 11) is 0. The number of likely N-dealkylation sites (tertiary alicyclic amines) is 1. The molecule has 1 heterocycles. The Balaban J connectivity index is 1.73. The summed E-state index contributed by atoms with van der Waals surface area (Å²) < 4.78 is 27.2. The molecule has 0 aromatic heterocycles. The van der Waals surface area contributed by atoms with Gasteiger partial charge in [-0.25, -0.2) is 13.6 Å². The average Bonchev–Trinajstić information content (AvgIpc) is 2.91. The van der Waals surface area contributed by atoms with Crippen LogP contribution in [0.2, 0.25) is 0 Å². The predicted octanol–water partition coefficient (Wildman–Crippen LogP) is 4.87. The largest absolute Gasteiger partial charge is 0.388 e. The first-order chi connectivity index (χ1) is 13.0. The van der Waals surface area contributed by atoms with Gasteiger partial charge in [0.25, 0.3) is 0 Å². The number of aliphatic hydroxyl groups is 1. The number of hydrogen-bond donors (Lipinski definition) is 2. The van der Waals surface area contributed by atoms with Crippen molar-refractivity contribution in [3.63, 3.8) is 0 Å². The maximum atomic E-state index is 13.9. The summed E-state index contributed by atoms with van der Waals surface area (Å²) in [5, 5.41) is 13.0. The van der Waals surface area contributed by atoms with Gasteiger partial charge >= 0.3 is 6.03 Å². The van der Waals surface area contributed by atoms with Gasteiger partial charge in [-0.3, -0.25) is 0 Å². The number of rotatable bonds is 4. The van der Waals surface area contributed by atoms with Gasteiger partial charge in [0.1, 0.15) is 11.6 Å². The van der Waals surface area contributed by atoms with Gasteiger partial charge in [-0.1, -0.05) is 43.2 Å². The van der Waals surface area contributed by atoms with Gasteiger partial charge in [0.05, 0.1) is 11.8 Å². The van der Waals surface area contributed by atoms with Crippen LogP contribution in [0.25, 0.3) is 0 Å². The molecule has 1 saturated heterocycles. The van der Waals surface area contributed by atoms with Crippen molar-refractivity contribution >= 4 is 11.7 Å². The maximum absolute atomic E-state index is 13.9. The lowest BCUT2D eigenvalue weighted by molar-refractivity contribution is 0.116. The maximum Gasteiger partial charge on any atom is 0.322 e. The third kappa shape index (κ3) is 5.04. The predicted molar refractivity (Wildman–Crippen MR) is 100 cm³/mol. The molecule has 1 aliphatic heterocycles. The molecular formula is C21H24F2N2O2. The fraction of sp³-hybridized carbons (Fsp3) is 0.381. The fourth-order valence-electron chi connectivity index (χ4n) is 3.54. The Morgan fingerprint density at radius 2 is 1.93 bits per heavy atom. The molecule has 1 fully saturated rings. The number of hydrogen-bond acceptors (Lipinski definition) is 2. The van der Waals surface area contributed by atoms with Crippen molar-refractivity contribution < 1.29 is 18.7 Å². The van der Waals surface area contributed by atoms with E-state index in [0.29, 0.717) is 13.0 Å². The number of carbonyl (C=O) groups is 1. The molecule has 4 nitrogen and oxygen atoms in total. The number of urea groups is 1. The van der Waals surface area contributed by atoms with Crippen LogP contribution in [0.4, 0.5) is 19.3 Å². The first kappa shape index (κ1) is 19.3. The topological polar surface area (TPSA) is 52.6 Å². The molecule has 0 unspecified atom stereocenters. The lowest BCUT2D eigenvalue weighted by Gasteiger charge is -2.31. The Hall–Kier alpha value is -2.47. The SMILES string of the molecule is O=C(Nc1cc(F)ccc1F)N1CCCCC[C@H]1C[C@H](O)c1ccccc1. The average molecular weight is 374 g/mol. The highest BCUT2D eigenvalue weighted by Crippen LogP contribution is 2.27. The molecule has 27 heavy (non-hydrogen) atoms. The molecule has 0 aliphatic carbocycles. The second-order valence-electron chi connectivity index (χ2n) is 6.91. The van der Waals surface area contributed by atoms with Crippen molar-refractivity contribution in [2.24, 2.45) is 0 Å². The summed E-state index contributed by atoms with van der Waals surface area (Å²) in [4.78, 5) is 14.4. The third-order valence-electron chi connectivity index (χ3n) is 4.99. The zero-order valence-corrected chi connectivity index (χ0v) is 15.1. The van der Waals surface area contributed by atoms with E-state index in [9.17, 15) is 18.7 Å². The summed E-state index contributed by atoms with van der Waals surface area (Å²) >= 11 is 0. The standard InChI is InChI=1S/C21H24F2N2O2/c22-16-10-11-18(23)19(13-16)24-21(27)25-12-6-2-5-9-17(25)14-20(26)15-7-3-1-4-8-15/h1,3-4,7-8,10-11,13,17,20,26H,2,5-6,9,12,14H2,(H,24,27)/t17-,20-/m0/s1. The minimum Gasteiger partial charge on any atom is -0.388 e. The van der Waals surface area contributed by atoms with Crippen LogP contribution in [0.5, 0.6) is 0 Å². The number of carbonyl (C=O) groups excluding carboxylic acids is 1. The summed E-state index contributed by atoms with van der Waals surface area (Å²) in [6, 6.07) is 11.7. The third-order valence-corrected chi connectivity index (χ3v) is 4.99. The van der Waals surface area contributed by atoms with E-state index in [4.69, 9.17) is 0 Å². The molecule has 2 aromatic rings. The molecule has 3 rings (SSSR count). The summed E-state index contributed by atoms with van der Waals surface area (Å²) in [5.41, 5.74) is 0.630. The zero-order chi connectivity index (χ0) is 19.2. The highest BCUT2D eigenvalue weighted by molar-refractivity contribution is 5.89. The van der Waals surface area contributed by atoms with Crippen LogP contribution >= 0.6 is 0 Å². The second-order valence-corrected chi connectivity index (χ2v) is 6.91. The van der Waals surface area contributed by atoms with Crippen LogP contribution in [0.15, 0.2) is 48.5 Å². The zero-order valence-electron chi connectivity index (χ0n) is 15.1. The molecule has 0 saturated carbocycles. The molecule has 1 aliphatic rings. The van der Waals surface area contributed by atoms with E-state index < -0.39 is 23.8 Å². The molecule has 0 bridgehead atoms. The van der Waals surface area contributed by atoms with E-state index in [0.717, 1.165) is 49.4 Å². The van der Waals surface area contributed by atoms with Crippen LogP contribution in [0.3, 0.4) is 0 Å². The minimum atomic E-state index is -0.685. The van der Waals surface area contributed by atoms with Crippen molar-refractivity contribution in [1.82, 2.24) is 4.90 Å². The summed E-state index contributed by atoms with van der Waals surface area (Å²) in [6.07, 6.45) is 3.29. The Morgan fingerprint density at radius 3 is 2.70 bits per heavy atom. The van der Waals surface area contributed by atoms with E-state index in [1.54, 1.807) is 4.90 Å². The molecule has 2 N–H and O–H groups in total. The minimum absolute atomic E-state index is 0.167. The van der Waals surface area contributed by atoms with Gasteiger partial charge in [-0.2, -0.15) is 0 Å². The highest BCUT2D eigenvalue weighted by Gasteiger charge is 2.28. The first-order valence-corrected chi connectivity index (χ1v) is 9.30. The van der Waals surface area contributed by atoms with E-state index in [-0.39, 0.29) is 11.7 Å². The normalized spacial score (nSPS) is 18.6. The van der Waals surface area contributed by atoms with Crippen LogP contribution in [0.1, 0.15) is 43.8 Å². The van der Waals surface area contributed by atoms with Crippen LogP contribution in [-0.4, -0.2) is 28.6 Å². The quantitative estimate of drug-likeness (QED) is 0.803. The Morgan fingerprint density at radius 1 is 1.15 bits per heavy atom. The molecule has 0 radical (unpaired) electrons.